The predicted molar refractivity (Wildman–Crippen MR) is 90.2 cm³/mol. The molecule has 0 aliphatic heterocycles. The Hall–Kier alpha value is -1.03. The molecule has 0 aromatic heterocycles. The SMILES string of the molecule is COc1c(Br)cc(Cl)cc1C(N)c1ccc2c(c1)CCC2. The van der Waals surface area contributed by atoms with Gasteiger partial charge in [0.2, 0.25) is 0 Å². The molecule has 110 valence electrons. The lowest BCUT2D eigenvalue weighted by Crippen LogP contribution is -2.14. The van der Waals surface area contributed by atoms with Crippen LogP contribution in [-0.2, 0) is 12.8 Å². The Morgan fingerprint density at radius 2 is 1.95 bits per heavy atom. The van der Waals surface area contributed by atoms with Crippen molar-refractivity contribution < 1.29 is 4.74 Å². The largest absolute Gasteiger partial charge is 0.495 e. The quantitative estimate of drug-likeness (QED) is 0.858. The van der Waals surface area contributed by atoms with Crippen LogP contribution in [-0.4, -0.2) is 7.11 Å². The number of aryl methyl sites for hydroxylation is 2. The fraction of sp³-hybridized carbons (Fsp3) is 0.294. The van der Waals surface area contributed by atoms with Crippen LogP contribution in [0.5, 0.6) is 5.75 Å². The molecule has 1 aliphatic rings. The number of hydrogen-bond acceptors (Lipinski definition) is 2. The Labute approximate surface area is 138 Å². The highest BCUT2D eigenvalue weighted by molar-refractivity contribution is 9.10. The zero-order valence-electron chi connectivity index (χ0n) is 11.8. The van der Waals surface area contributed by atoms with Crippen LogP contribution in [0.4, 0.5) is 0 Å². The Balaban J connectivity index is 2.04. The Morgan fingerprint density at radius 1 is 1.19 bits per heavy atom. The molecule has 1 atom stereocenters. The minimum atomic E-state index is -0.249. The molecule has 0 radical (unpaired) electrons. The molecule has 0 bridgehead atoms. The molecule has 0 amide bonds. The van der Waals surface area contributed by atoms with Gasteiger partial charge in [0.15, 0.2) is 0 Å². The van der Waals surface area contributed by atoms with E-state index < -0.39 is 0 Å². The van der Waals surface area contributed by atoms with Crippen LogP contribution in [0.2, 0.25) is 5.02 Å². The topological polar surface area (TPSA) is 35.2 Å². The molecule has 3 rings (SSSR count). The number of halogens is 2. The van der Waals surface area contributed by atoms with Gasteiger partial charge >= 0.3 is 0 Å². The van der Waals surface area contributed by atoms with Crippen LogP contribution in [0.1, 0.15) is 34.7 Å². The van der Waals surface area contributed by atoms with Crippen molar-refractivity contribution in [2.75, 3.05) is 7.11 Å². The van der Waals surface area contributed by atoms with E-state index in [0.717, 1.165) is 27.8 Å². The molecule has 0 saturated heterocycles. The molecule has 21 heavy (non-hydrogen) atoms. The zero-order valence-corrected chi connectivity index (χ0v) is 14.2. The summed E-state index contributed by atoms with van der Waals surface area (Å²) in [5.41, 5.74) is 11.3. The number of methoxy groups -OCH3 is 1. The summed E-state index contributed by atoms with van der Waals surface area (Å²) in [5, 5.41) is 0.647. The Morgan fingerprint density at radius 3 is 2.71 bits per heavy atom. The first-order chi connectivity index (χ1) is 10.1. The molecule has 2 nitrogen and oxygen atoms in total. The third kappa shape index (κ3) is 2.83. The van der Waals surface area contributed by atoms with Gasteiger partial charge in [0, 0.05) is 10.6 Å². The van der Waals surface area contributed by atoms with Gasteiger partial charge < -0.3 is 10.5 Å². The summed E-state index contributed by atoms with van der Waals surface area (Å²) >= 11 is 9.65. The number of ether oxygens (including phenoxy) is 1. The van der Waals surface area contributed by atoms with Crippen molar-refractivity contribution in [2.45, 2.75) is 25.3 Å². The predicted octanol–water partition coefficient (Wildman–Crippen LogP) is 4.65. The van der Waals surface area contributed by atoms with E-state index in [2.05, 4.69) is 34.1 Å². The number of nitrogens with two attached hydrogens (primary N) is 1. The normalized spacial score (nSPS) is 14.9. The summed E-state index contributed by atoms with van der Waals surface area (Å²) < 4.78 is 6.30. The van der Waals surface area contributed by atoms with Gasteiger partial charge in [-0.05, 0) is 64.0 Å². The van der Waals surface area contributed by atoms with Gasteiger partial charge in [0.05, 0.1) is 17.6 Å². The second-order valence-corrected chi connectivity index (χ2v) is 6.66. The molecule has 2 aromatic rings. The van der Waals surface area contributed by atoms with Crippen LogP contribution in [0.25, 0.3) is 0 Å². The van der Waals surface area contributed by atoms with Crippen molar-refractivity contribution in [1.82, 2.24) is 0 Å². The van der Waals surface area contributed by atoms with E-state index in [1.165, 1.54) is 24.0 Å². The molecule has 4 heteroatoms. The van der Waals surface area contributed by atoms with Gasteiger partial charge in [-0.3, -0.25) is 0 Å². The standard InChI is InChI=1S/C17H17BrClNO/c1-21-17-14(8-13(19)9-15(17)18)16(20)12-6-5-10-3-2-4-11(10)7-12/h5-9,16H,2-4,20H2,1H3. The van der Waals surface area contributed by atoms with E-state index in [4.69, 9.17) is 22.1 Å². The molecule has 1 aliphatic carbocycles. The Kier molecular flexibility index (Phi) is 4.25. The van der Waals surface area contributed by atoms with E-state index in [9.17, 15) is 0 Å². The third-order valence-corrected chi connectivity index (χ3v) is 4.87. The number of hydrogen-bond donors (Lipinski definition) is 1. The highest BCUT2D eigenvalue weighted by Crippen LogP contribution is 2.38. The van der Waals surface area contributed by atoms with Crippen molar-refractivity contribution in [3.05, 3.63) is 62.1 Å². The molecule has 2 N–H and O–H groups in total. The number of benzene rings is 2. The van der Waals surface area contributed by atoms with Crippen LogP contribution in [0, 0.1) is 0 Å². The smallest absolute Gasteiger partial charge is 0.138 e. The monoisotopic (exact) mass is 365 g/mol. The van der Waals surface area contributed by atoms with Crippen molar-refractivity contribution >= 4 is 27.5 Å². The van der Waals surface area contributed by atoms with Gasteiger partial charge in [-0.15, -0.1) is 0 Å². The molecule has 1 unspecified atom stereocenters. The minimum absolute atomic E-state index is 0.249. The van der Waals surface area contributed by atoms with Crippen LogP contribution in [0.3, 0.4) is 0 Å². The first-order valence-corrected chi connectivity index (χ1v) is 8.17. The maximum atomic E-state index is 6.47. The first-order valence-electron chi connectivity index (χ1n) is 7.00. The Bertz CT molecular complexity index is 687. The van der Waals surface area contributed by atoms with Crippen molar-refractivity contribution in [2.24, 2.45) is 5.73 Å². The zero-order chi connectivity index (χ0) is 15.0. The van der Waals surface area contributed by atoms with Gasteiger partial charge in [0.1, 0.15) is 5.75 Å². The lowest BCUT2D eigenvalue weighted by Gasteiger charge is -2.18. The van der Waals surface area contributed by atoms with Gasteiger partial charge in [-0.1, -0.05) is 29.8 Å². The third-order valence-electron chi connectivity index (χ3n) is 4.06. The summed E-state index contributed by atoms with van der Waals surface area (Å²) in [6, 6.07) is 9.98. The number of rotatable bonds is 3. The molecule has 0 saturated carbocycles. The molecule has 2 aromatic carbocycles. The highest BCUT2D eigenvalue weighted by atomic mass is 79.9. The lowest BCUT2D eigenvalue weighted by atomic mass is 9.96. The number of fused-ring (bicyclic) bond motifs is 1. The molecular weight excluding hydrogens is 350 g/mol. The second kappa shape index (κ2) is 5.99. The van der Waals surface area contributed by atoms with Gasteiger partial charge in [-0.2, -0.15) is 0 Å². The van der Waals surface area contributed by atoms with E-state index in [1.807, 2.05) is 12.1 Å². The summed E-state index contributed by atoms with van der Waals surface area (Å²) in [6.07, 6.45) is 3.56. The average molecular weight is 367 g/mol. The maximum absolute atomic E-state index is 6.47. The van der Waals surface area contributed by atoms with Crippen molar-refractivity contribution in [3.8, 4) is 5.75 Å². The highest BCUT2D eigenvalue weighted by Gasteiger charge is 2.19. The van der Waals surface area contributed by atoms with Crippen molar-refractivity contribution in [1.29, 1.82) is 0 Å². The molecular formula is C17H17BrClNO. The van der Waals surface area contributed by atoms with Crippen LogP contribution < -0.4 is 10.5 Å². The summed E-state index contributed by atoms with van der Waals surface area (Å²) in [5.74, 6) is 0.743. The summed E-state index contributed by atoms with van der Waals surface area (Å²) in [6.45, 7) is 0. The second-order valence-electron chi connectivity index (χ2n) is 5.37. The van der Waals surface area contributed by atoms with E-state index >= 15 is 0 Å². The van der Waals surface area contributed by atoms with E-state index in [1.54, 1.807) is 7.11 Å². The van der Waals surface area contributed by atoms with E-state index in [-0.39, 0.29) is 6.04 Å². The van der Waals surface area contributed by atoms with Crippen molar-refractivity contribution in [3.63, 3.8) is 0 Å². The average Bonchev–Trinajstić information content (AvgIpc) is 2.93. The first kappa shape index (κ1) is 14.9. The van der Waals surface area contributed by atoms with Crippen LogP contribution in [0.15, 0.2) is 34.8 Å². The lowest BCUT2D eigenvalue weighted by molar-refractivity contribution is 0.405. The minimum Gasteiger partial charge on any atom is -0.495 e. The summed E-state index contributed by atoms with van der Waals surface area (Å²) in [7, 11) is 1.65. The fourth-order valence-electron chi connectivity index (χ4n) is 2.99. The maximum Gasteiger partial charge on any atom is 0.138 e. The molecule has 0 heterocycles. The van der Waals surface area contributed by atoms with Crippen LogP contribution >= 0.6 is 27.5 Å². The van der Waals surface area contributed by atoms with Gasteiger partial charge in [0.25, 0.3) is 0 Å². The van der Waals surface area contributed by atoms with E-state index in [0.29, 0.717) is 5.02 Å². The molecule has 0 fully saturated rings. The van der Waals surface area contributed by atoms with Gasteiger partial charge in [-0.25, -0.2) is 0 Å². The molecule has 0 spiro atoms. The summed E-state index contributed by atoms with van der Waals surface area (Å²) in [4.78, 5) is 0. The fourth-order valence-corrected chi connectivity index (χ4v) is 3.99.